The van der Waals surface area contributed by atoms with Gasteiger partial charge in [-0.3, -0.25) is 24.6 Å². The minimum atomic E-state index is -1.31. The van der Waals surface area contributed by atoms with E-state index >= 15 is 8.78 Å². The van der Waals surface area contributed by atoms with Crippen molar-refractivity contribution in [1.29, 1.82) is 0 Å². The largest absolute Gasteiger partial charge is 0.495 e. The molecule has 358 valence electrons. The molecule has 0 unspecified atom stereocenters. The van der Waals surface area contributed by atoms with Gasteiger partial charge < -0.3 is 34.7 Å². The molecular formula is C52H54F2N8O7. The van der Waals surface area contributed by atoms with Crippen molar-refractivity contribution >= 4 is 46.2 Å². The molecule has 3 aliphatic heterocycles. The Labute approximate surface area is 397 Å². The number of benzene rings is 4. The van der Waals surface area contributed by atoms with Crippen LogP contribution in [-0.4, -0.2) is 106 Å². The van der Waals surface area contributed by atoms with Gasteiger partial charge in [-0.15, -0.1) is 0 Å². The minimum absolute atomic E-state index is 0.0789. The number of urea groups is 1. The zero-order valence-electron chi connectivity index (χ0n) is 38.9. The van der Waals surface area contributed by atoms with Gasteiger partial charge in [0, 0.05) is 67.9 Å². The Hall–Kier alpha value is -7.24. The molecular weight excluding hydrogens is 887 g/mol. The predicted octanol–water partition coefficient (Wildman–Crippen LogP) is 8.21. The summed E-state index contributed by atoms with van der Waals surface area (Å²) in [5, 5.41) is 15.8. The monoisotopic (exact) mass is 940 g/mol. The zero-order chi connectivity index (χ0) is 48.6. The van der Waals surface area contributed by atoms with Gasteiger partial charge in [-0.05, 0) is 142 Å². The number of hydrogen-bond acceptors (Lipinski definition) is 10. The number of rotatable bonds is 12. The van der Waals surface area contributed by atoms with Crippen molar-refractivity contribution in [3.63, 3.8) is 0 Å². The number of hydrogen-bond donors (Lipinski definition) is 4. The fourth-order valence-corrected chi connectivity index (χ4v) is 9.47. The lowest BCUT2D eigenvalue weighted by atomic mass is 9.94. The number of piperidine rings is 2. The number of fused-ring (bicyclic) bond motifs is 1. The fourth-order valence-electron chi connectivity index (χ4n) is 9.47. The molecule has 69 heavy (non-hydrogen) atoms. The number of aromatic nitrogens is 3. The number of nitrogens with zero attached hydrogens (tertiary/aromatic N) is 5. The predicted molar refractivity (Wildman–Crippen MR) is 256 cm³/mol. The summed E-state index contributed by atoms with van der Waals surface area (Å²) in [7, 11) is 1.51. The van der Waals surface area contributed by atoms with Crippen LogP contribution in [0, 0.1) is 24.5 Å². The van der Waals surface area contributed by atoms with Gasteiger partial charge in [0.2, 0.25) is 5.91 Å². The third-order valence-electron chi connectivity index (χ3n) is 13.4. The first-order chi connectivity index (χ1) is 33.1. The number of imide groups is 1. The Balaban J connectivity index is 0.776. The van der Waals surface area contributed by atoms with E-state index in [0.29, 0.717) is 69.4 Å². The number of aromatic amines is 1. The lowest BCUT2D eigenvalue weighted by molar-refractivity contribution is -0.120. The van der Waals surface area contributed by atoms with Crippen molar-refractivity contribution < 1.29 is 42.5 Å². The molecule has 2 aromatic heterocycles. The van der Waals surface area contributed by atoms with E-state index in [9.17, 15) is 24.3 Å². The van der Waals surface area contributed by atoms with Crippen LogP contribution in [0.5, 0.6) is 11.5 Å². The van der Waals surface area contributed by atoms with Gasteiger partial charge in [0.1, 0.15) is 41.2 Å². The third-order valence-corrected chi connectivity index (χ3v) is 13.4. The van der Waals surface area contributed by atoms with Crippen LogP contribution < -0.4 is 25.0 Å². The summed E-state index contributed by atoms with van der Waals surface area (Å²) in [5.74, 6) is -1.08. The van der Waals surface area contributed by atoms with E-state index in [-0.39, 0.29) is 42.1 Å². The van der Waals surface area contributed by atoms with Crippen LogP contribution in [0.25, 0.3) is 33.5 Å². The van der Waals surface area contributed by atoms with Crippen LogP contribution in [0.1, 0.15) is 77.8 Å². The lowest BCUT2D eigenvalue weighted by Crippen LogP contribution is -2.49. The van der Waals surface area contributed by atoms with E-state index in [0.717, 1.165) is 68.4 Å². The van der Waals surface area contributed by atoms with Crippen molar-refractivity contribution in [1.82, 2.24) is 30.1 Å². The summed E-state index contributed by atoms with van der Waals surface area (Å²) in [5.41, 5.74) is 3.27. The van der Waals surface area contributed by atoms with E-state index in [1.165, 1.54) is 50.4 Å². The number of halogens is 2. The maximum atomic E-state index is 15.3. The van der Waals surface area contributed by atoms with E-state index in [2.05, 4.69) is 30.5 Å². The maximum Gasteiger partial charge on any atom is 0.328 e. The van der Waals surface area contributed by atoms with E-state index in [1.807, 2.05) is 35.2 Å². The number of methoxy groups -OCH3 is 1. The highest BCUT2D eigenvalue weighted by Gasteiger charge is 2.31. The average molecular weight is 941 g/mol. The summed E-state index contributed by atoms with van der Waals surface area (Å²) in [4.78, 5) is 69.3. The van der Waals surface area contributed by atoms with Gasteiger partial charge >= 0.3 is 6.03 Å². The molecule has 3 fully saturated rings. The van der Waals surface area contributed by atoms with Crippen molar-refractivity contribution in [3.8, 4) is 34.0 Å². The molecule has 4 aromatic carbocycles. The second kappa shape index (κ2) is 19.4. The molecule has 0 spiro atoms. The van der Waals surface area contributed by atoms with Crippen LogP contribution in [0.15, 0.2) is 85.2 Å². The highest BCUT2D eigenvalue weighted by atomic mass is 19.1. The van der Waals surface area contributed by atoms with Crippen molar-refractivity contribution in [2.45, 2.75) is 64.6 Å². The topological polar surface area (TPSA) is 182 Å². The summed E-state index contributed by atoms with van der Waals surface area (Å²) in [6.45, 7) is 9.00. The molecule has 0 radical (unpaired) electrons. The normalized spacial score (nSPS) is 16.4. The van der Waals surface area contributed by atoms with Crippen LogP contribution in [0.2, 0.25) is 0 Å². The summed E-state index contributed by atoms with van der Waals surface area (Å²) in [6.07, 6.45) is 5.25. The number of likely N-dealkylation sites (tertiary alicyclic amines) is 2. The smallest absolute Gasteiger partial charge is 0.328 e. The van der Waals surface area contributed by atoms with Gasteiger partial charge in [-0.1, -0.05) is 6.07 Å². The molecule has 15 nitrogen and oxygen atoms in total. The lowest BCUT2D eigenvalue weighted by Gasteiger charge is -2.37. The second-order valence-electron chi connectivity index (χ2n) is 18.5. The molecule has 5 amide bonds. The molecule has 17 heteroatoms. The third kappa shape index (κ3) is 10.0. The SMILES string of the molecule is COc1ccc(C(=O)N2CCC(CN3CCC(Oc4ccc(-c5cc6c(-c7ccc(F)c(NC(=O)c8ccc(C(C)(C)O)cc8F)c7C)ncnc6[nH]5)cc4)CC3)CC2)cc1N1CCC(=O)NC1=O. The Morgan fingerprint density at radius 2 is 1.64 bits per heavy atom. The van der Waals surface area contributed by atoms with Gasteiger partial charge in [-0.25, -0.2) is 23.5 Å². The van der Waals surface area contributed by atoms with Gasteiger partial charge in [0.25, 0.3) is 11.8 Å². The molecule has 3 aliphatic rings. The standard InChI is InChI=1S/C52H54F2N8O7/c1-30-37(12-13-40(53)46(30)59-49(64)38-11-8-34(26-41(38)54)52(2,3)67)47-39-27-42(57-48(39)56-29-55-47)32-5-9-35(10-6-32)69-36-17-20-60(21-18-36)28-31-15-22-61(23-16-31)50(65)33-7-14-44(68-4)43(25-33)62-24-19-45(63)58-51(62)66/h5-14,25-27,29,31,36,67H,15-24,28H2,1-4H3,(H,59,64)(H,55,56,57)(H,58,63,66). The number of carbonyl (C=O) groups is 4. The summed E-state index contributed by atoms with van der Waals surface area (Å²) < 4.78 is 42.2. The number of carbonyl (C=O) groups excluding carboxylic acids is 4. The Morgan fingerprint density at radius 3 is 2.33 bits per heavy atom. The summed E-state index contributed by atoms with van der Waals surface area (Å²) >= 11 is 0. The molecule has 5 heterocycles. The first-order valence-electron chi connectivity index (χ1n) is 23.2. The number of ether oxygens (including phenoxy) is 2. The maximum absolute atomic E-state index is 15.3. The molecule has 3 saturated heterocycles. The first-order valence-corrected chi connectivity index (χ1v) is 23.2. The van der Waals surface area contributed by atoms with E-state index in [4.69, 9.17) is 9.47 Å². The van der Waals surface area contributed by atoms with Crippen LogP contribution in [0.3, 0.4) is 0 Å². The van der Waals surface area contributed by atoms with Gasteiger partial charge in [0.15, 0.2) is 0 Å². The molecule has 0 bridgehead atoms. The molecule has 0 saturated carbocycles. The first kappa shape index (κ1) is 46.9. The molecule has 0 atom stereocenters. The highest BCUT2D eigenvalue weighted by molar-refractivity contribution is 6.08. The number of nitrogens with one attached hydrogen (secondary N) is 3. The average Bonchev–Trinajstić information content (AvgIpc) is 3.78. The van der Waals surface area contributed by atoms with Crippen molar-refractivity contribution in [2.75, 3.05) is 56.6 Å². The molecule has 4 N–H and O–H groups in total. The summed E-state index contributed by atoms with van der Waals surface area (Å²) in [6, 6.07) is 21.0. The number of anilines is 2. The van der Waals surface area contributed by atoms with Crippen LogP contribution in [-0.2, 0) is 10.4 Å². The Bertz CT molecular complexity index is 2940. The van der Waals surface area contributed by atoms with Crippen molar-refractivity contribution in [3.05, 3.63) is 119 Å². The van der Waals surface area contributed by atoms with Gasteiger partial charge in [0.05, 0.1) is 35.3 Å². The number of amides is 5. The Kier molecular flexibility index (Phi) is 13.2. The van der Waals surface area contributed by atoms with E-state index < -0.39 is 29.2 Å². The highest BCUT2D eigenvalue weighted by Crippen LogP contribution is 2.37. The second-order valence-corrected chi connectivity index (χ2v) is 18.5. The molecule has 0 aliphatic carbocycles. The minimum Gasteiger partial charge on any atom is -0.495 e. The van der Waals surface area contributed by atoms with Crippen LogP contribution in [0.4, 0.5) is 25.0 Å². The van der Waals surface area contributed by atoms with Crippen molar-refractivity contribution in [2.24, 2.45) is 5.92 Å². The zero-order valence-corrected chi connectivity index (χ0v) is 38.9. The number of H-pyrrole nitrogens is 1. The van der Waals surface area contributed by atoms with E-state index in [1.54, 1.807) is 31.2 Å². The van der Waals surface area contributed by atoms with Crippen LogP contribution >= 0.6 is 0 Å². The quantitative estimate of drug-likeness (QED) is 0.0934. The molecule has 9 rings (SSSR count). The Morgan fingerprint density at radius 1 is 0.884 bits per heavy atom. The fraction of sp³-hybridized carbons (Fsp3) is 0.346. The number of aliphatic hydroxyl groups is 1. The molecule has 6 aromatic rings. The van der Waals surface area contributed by atoms with Gasteiger partial charge in [-0.2, -0.15) is 0 Å².